The summed E-state index contributed by atoms with van der Waals surface area (Å²) in [5, 5.41) is 11.0. The molecule has 2 aromatic carbocycles. The lowest BCUT2D eigenvalue weighted by Crippen LogP contribution is -2.38. The van der Waals surface area contributed by atoms with E-state index in [-0.39, 0.29) is 17.6 Å². The lowest BCUT2D eigenvalue weighted by molar-refractivity contribution is 0.247. The third-order valence-corrected chi connectivity index (χ3v) is 6.50. The fourth-order valence-electron chi connectivity index (χ4n) is 4.59. The highest BCUT2D eigenvalue weighted by Crippen LogP contribution is 2.33. The minimum absolute atomic E-state index is 0.0843. The van der Waals surface area contributed by atoms with Crippen molar-refractivity contribution < 1.29 is 4.79 Å². The van der Waals surface area contributed by atoms with E-state index in [0.717, 1.165) is 41.0 Å². The first kappa shape index (κ1) is 22.5. The number of aryl methyl sites for hydroxylation is 1. The third-order valence-electron chi connectivity index (χ3n) is 6.50. The summed E-state index contributed by atoms with van der Waals surface area (Å²) in [6, 6.07) is 20.7. The van der Waals surface area contributed by atoms with Gasteiger partial charge in [0, 0.05) is 49.7 Å². The van der Waals surface area contributed by atoms with E-state index < -0.39 is 0 Å². The molecule has 0 saturated heterocycles. The molecule has 8 heteroatoms. The van der Waals surface area contributed by atoms with E-state index in [2.05, 4.69) is 34.7 Å². The summed E-state index contributed by atoms with van der Waals surface area (Å²) in [5.74, 6) is 0.582. The predicted octanol–water partition coefficient (Wildman–Crippen LogP) is 4.25. The van der Waals surface area contributed by atoms with Gasteiger partial charge in [0.2, 0.25) is 5.56 Å². The van der Waals surface area contributed by atoms with E-state index in [9.17, 15) is 9.59 Å². The van der Waals surface area contributed by atoms with E-state index in [4.69, 9.17) is 5.10 Å². The number of urea groups is 1. The summed E-state index contributed by atoms with van der Waals surface area (Å²) in [7, 11) is 3.78. The molecule has 0 saturated carbocycles. The van der Waals surface area contributed by atoms with Crippen LogP contribution in [0.5, 0.6) is 0 Å². The summed E-state index contributed by atoms with van der Waals surface area (Å²) in [5.41, 5.74) is 5.28. The van der Waals surface area contributed by atoms with Crippen LogP contribution < -0.4 is 21.1 Å². The molecular weight excluding hydrogens is 440 g/mol. The summed E-state index contributed by atoms with van der Waals surface area (Å²) < 4.78 is 3.26. The predicted molar refractivity (Wildman–Crippen MR) is 138 cm³/mol. The number of aromatic nitrogens is 3. The Morgan fingerprint density at radius 3 is 2.51 bits per heavy atom. The quantitative estimate of drug-likeness (QED) is 0.469. The molecule has 1 aliphatic heterocycles. The highest BCUT2D eigenvalue weighted by atomic mass is 16.2. The van der Waals surface area contributed by atoms with Crippen molar-refractivity contribution in [2.75, 3.05) is 23.8 Å². The molecule has 0 bridgehead atoms. The van der Waals surface area contributed by atoms with Crippen molar-refractivity contribution in [1.29, 1.82) is 0 Å². The molecule has 5 rings (SSSR count). The topological polar surface area (TPSA) is 84.2 Å². The second-order valence-corrected chi connectivity index (χ2v) is 8.86. The Hall–Kier alpha value is -4.33. The minimum Gasteiger partial charge on any atom is -0.374 e. The molecule has 2 N–H and O–H groups in total. The number of para-hydroxylation sites is 2. The van der Waals surface area contributed by atoms with Gasteiger partial charge in [0.1, 0.15) is 5.82 Å². The molecule has 0 aliphatic carbocycles. The lowest BCUT2D eigenvalue weighted by atomic mass is 9.97. The van der Waals surface area contributed by atoms with Crippen LogP contribution in [0, 0.1) is 6.92 Å². The number of nitrogens with zero attached hydrogens (tertiary/aromatic N) is 4. The number of benzene rings is 2. The molecule has 8 nitrogen and oxygen atoms in total. The number of carbonyl (C=O) groups excluding carboxylic acids is 1. The Bertz CT molecular complexity index is 1440. The number of hydrogen-bond acceptors (Lipinski definition) is 4. The number of hydrogen-bond donors (Lipinski definition) is 2. The van der Waals surface area contributed by atoms with Crippen LogP contribution in [0.15, 0.2) is 77.7 Å². The van der Waals surface area contributed by atoms with E-state index in [1.54, 1.807) is 24.0 Å². The van der Waals surface area contributed by atoms with Crippen molar-refractivity contribution >= 4 is 17.5 Å². The zero-order valence-electron chi connectivity index (χ0n) is 20.0. The van der Waals surface area contributed by atoms with Gasteiger partial charge in [0.15, 0.2) is 0 Å². The maximum atomic E-state index is 13.2. The van der Waals surface area contributed by atoms with Crippen LogP contribution in [0.4, 0.5) is 16.3 Å². The Balaban J connectivity index is 1.49. The maximum absolute atomic E-state index is 13.2. The second kappa shape index (κ2) is 9.13. The van der Waals surface area contributed by atoms with Crippen LogP contribution in [-0.4, -0.2) is 34.0 Å². The summed E-state index contributed by atoms with van der Waals surface area (Å²) in [6.07, 6.45) is 2.58. The second-order valence-electron chi connectivity index (χ2n) is 8.86. The van der Waals surface area contributed by atoms with Gasteiger partial charge in [-0.1, -0.05) is 36.4 Å². The largest absolute Gasteiger partial charge is 0.374 e. The van der Waals surface area contributed by atoms with Crippen molar-refractivity contribution in [1.82, 2.24) is 19.7 Å². The molecular formula is C27H28N6O2. The van der Waals surface area contributed by atoms with Crippen LogP contribution in [-0.2, 0) is 7.05 Å². The Morgan fingerprint density at radius 1 is 1.00 bits per heavy atom. The Morgan fingerprint density at radius 2 is 1.74 bits per heavy atom. The number of rotatable bonds is 4. The van der Waals surface area contributed by atoms with Crippen molar-refractivity contribution in [2.24, 2.45) is 7.05 Å². The first-order chi connectivity index (χ1) is 16.9. The molecule has 3 heterocycles. The first-order valence-corrected chi connectivity index (χ1v) is 11.6. The van der Waals surface area contributed by atoms with Gasteiger partial charge in [-0.15, -0.1) is 0 Å². The van der Waals surface area contributed by atoms with Crippen LogP contribution in [0.3, 0.4) is 0 Å². The third kappa shape index (κ3) is 4.30. The van der Waals surface area contributed by atoms with Gasteiger partial charge in [0.25, 0.3) is 0 Å². The van der Waals surface area contributed by atoms with Gasteiger partial charge in [0.05, 0.1) is 17.4 Å². The summed E-state index contributed by atoms with van der Waals surface area (Å²) >= 11 is 0. The summed E-state index contributed by atoms with van der Waals surface area (Å²) in [4.78, 5) is 27.3. The fraction of sp³-hybridized carbons (Fsp3) is 0.222. The molecule has 1 unspecified atom stereocenters. The van der Waals surface area contributed by atoms with Gasteiger partial charge < -0.3 is 14.8 Å². The van der Waals surface area contributed by atoms with Gasteiger partial charge in [-0.25, -0.2) is 9.48 Å². The molecule has 1 aliphatic rings. The van der Waals surface area contributed by atoms with Crippen molar-refractivity contribution in [3.8, 4) is 16.9 Å². The molecule has 4 aromatic rings. The Kier molecular flexibility index (Phi) is 5.86. The zero-order chi connectivity index (χ0) is 24.5. The molecule has 2 aromatic heterocycles. The number of amides is 2. The van der Waals surface area contributed by atoms with Gasteiger partial charge in [-0.05, 0) is 43.2 Å². The smallest absolute Gasteiger partial charge is 0.320 e. The highest BCUT2D eigenvalue weighted by Gasteiger charge is 2.25. The standard InChI is InChI=1S/C27H28N6O2/c1-18-25(19-13-14-24(34)32(3)17-19)30-33(20-9-5-4-6-10-20)26(18)29-27(35)28-22-15-16-31(2)23-12-8-7-11-21(22)23/h4-14,17,22H,15-16H2,1-3H3,(H2,28,29,35). The fourth-order valence-corrected chi connectivity index (χ4v) is 4.59. The number of anilines is 2. The number of pyridine rings is 1. The number of nitrogens with one attached hydrogen (secondary N) is 2. The van der Waals surface area contributed by atoms with Crippen molar-refractivity contribution in [3.63, 3.8) is 0 Å². The summed E-state index contributed by atoms with van der Waals surface area (Å²) in [6.45, 7) is 2.78. The van der Waals surface area contributed by atoms with Gasteiger partial charge in [-0.2, -0.15) is 5.10 Å². The SMILES string of the molecule is Cc1c(-c2ccc(=O)n(C)c2)nn(-c2ccccc2)c1NC(=O)NC1CCN(C)c2ccccc21. The number of carbonyl (C=O) groups is 1. The maximum Gasteiger partial charge on any atom is 0.320 e. The van der Waals surface area contributed by atoms with Crippen LogP contribution in [0.25, 0.3) is 16.9 Å². The molecule has 178 valence electrons. The van der Waals surface area contributed by atoms with Crippen LogP contribution in [0.2, 0.25) is 0 Å². The monoisotopic (exact) mass is 468 g/mol. The van der Waals surface area contributed by atoms with E-state index in [1.807, 2.05) is 49.4 Å². The normalized spacial score (nSPS) is 14.9. The lowest BCUT2D eigenvalue weighted by Gasteiger charge is -2.33. The zero-order valence-corrected chi connectivity index (χ0v) is 20.0. The van der Waals surface area contributed by atoms with Crippen molar-refractivity contribution in [3.05, 3.63) is 94.4 Å². The van der Waals surface area contributed by atoms with E-state index >= 15 is 0 Å². The molecule has 0 spiro atoms. The van der Waals surface area contributed by atoms with Crippen LogP contribution >= 0.6 is 0 Å². The average molecular weight is 469 g/mol. The minimum atomic E-state index is -0.290. The van der Waals surface area contributed by atoms with E-state index in [1.165, 1.54) is 10.6 Å². The molecule has 35 heavy (non-hydrogen) atoms. The van der Waals surface area contributed by atoms with Gasteiger partial charge >= 0.3 is 6.03 Å². The van der Waals surface area contributed by atoms with Gasteiger partial charge in [-0.3, -0.25) is 10.1 Å². The van der Waals surface area contributed by atoms with Crippen LogP contribution in [0.1, 0.15) is 23.6 Å². The highest BCUT2D eigenvalue weighted by molar-refractivity contribution is 5.91. The number of fused-ring (bicyclic) bond motifs is 1. The van der Waals surface area contributed by atoms with Crippen molar-refractivity contribution in [2.45, 2.75) is 19.4 Å². The van der Waals surface area contributed by atoms with E-state index in [0.29, 0.717) is 11.5 Å². The Labute approximate surface area is 203 Å². The average Bonchev–Trinajstić information content (AvgIpc) is 3.19. The molecule has 1 atom stereocenters. The molecule has 0 radical (unpaired) electrons. The molecule has 2 amide bonds. The first-order valence-electron chi connectivity index (χ1n) is 11.6. The molecule has 0 fully saturated rings.